The van der Waals surface area contributed by atoms with E-state index in [-0.39, 0.29) is 11.3 Å². The quantitative estimate of drug-likeness (QED) is 0.603. The predicted molar refractivity (Wildman–Crippen MR) is 85.2 cm³/mol. The van der Waals surface area contributed by atoms with Gasteiger partial charge in [-0.05, 0) is 31.6 Å². The van der Waals surface area contributed by atoms with Gasteiger partial charge in [-0.3, -0.25) is 0 Å². The second-order valence-electron chi connectivity index (χ2n) is 4.47. The summed E-state index contributed by atoms with van der Waals surface area (Å²) in [6, 6.07) is 6.10. The number of likely N-dealkylation sites (N-methyl/N-ethyl adjacent to an activating group) is 1. The summed E-state index contributed by atoms with van der Waals surface area (Å²) in [5.74, 6) is -0.453. The lowest BCUT2D eigenvalue weighted by molar-refractivity contribution is 0.234. The van der Waals surface area contributed by atoms with Crippen LogP contribution in [0.5, 0.6) is 0 Å². The number of allylic oxidation sites excluding steroid dienone is 4. The number of aliphatic hydroxyl groups is 1. The van der Waals surface area contributed by atoms with Crippen LogP contribution in [0.4, 0.5) is 4.39 Å². The summed E-state index contributed by atoms with van der Waals surface area (Å²) >= 11 is 0. The van der Waals surface area contributed by atoms with Crippen LogP contribution in [0, 0.1) is 11.2 Å². The molecule has 0 aliphatic carbocycles. The molecule has 0 saturated heterocycles. The molecular weight excluding hydrogens is 267 g/mol. The van der Waals surface area contributed by atoms with Crippen molar-refractivity contribution in [3.63, 3.8) is 0 Å². The lowest BCUT2D eigenvalue weighted by atomic mass is 10.0. The number of rotatable bonds is 6. The fourth-order valence-corrected chi connectivity index (χ4v) is 1.81. The smallest absolute Gasteiger partial charge is 0.132 e. The van der Waals surface area contributed by atoms with Gasteiger partial charge in [-0.2, -0.15) is 0 Å². The molecule has 0 unspecified atom stereocenters. The Morgan fingerprint density at radius 1 is 1.38 bits per heavy atom. The highest BCUT2D eigenvalue weighted by molar-refractivity contribution is 6.07. The normalized spacial score (nSPS) is 14.3. The molecule has 1 aromatic carbocycles. The van der Waals surface area contributed by atoms with Crippen molar-refractivity contribution in [1.29, 1.82) is 5.41 Å². The van der Waals surface area contributed by atoms with Gasteiger partial charge >= 0.3 is 0 Å². The summed E-state index contributed by atoms with van der Waals surface area (Å²) in [7, 11) is 1.58. The molecule has 0 aromatic heterocycles. The van der Waals surface area contributed by atoms with Crippen molar-refractivity contribution < 1.29 is 9.50 Å². The average molecular weight is 287 g/mol. The van der Waals surface area contributed by atoms with Crippen LogP contribution in [0.15, 0.2) is 59.8 Å². The van der Waals surface area contributed by atoms with Crippen LogP contribution in [-0.4, -0.2) is 24.0 Å². The van der Waals surface area contributed by atoms with E-state index in [1.54, 1.807) is 44.3 Å². The Labute approximate surface area is 125 Å². The van der Waals surface area contributed by atoms with Crippen molar-refractivity contribution in [2.24, 2.45) is 0 Å². The minimum atomic E-state index is -0.732. The Balaban J connectivity index is 3.19. The van der Waals surface area contributed by atoms with Gasteiger partial charge in [0, 0.05) is 5.56 Å². The fourth-order valence-electron chi connectivity index (χ4n) is 1.81. The highest BCUT2D eigenvalue weighted by atomic mass is 19.1. The average Bonchev–Trinajstić information content (AvgIpc) is 2.46. The van der Waals surface area contributed by atoms with Crippen molar-refractivity contribution in [3.8, 4) is 0 Å². The van der Waals surface area contributed by atoms with E-state index in [1.165, 1.54) is 12.1 Å². The highest BCUT2D eigenvalue weighted by Gasteiger charge is 2.07. The third kappa shape index (κ3) is 4.68. The van der Waals surface area contributed by atoms with E-state index in [0.717, 1.165) is 0 Å². The molecule has 3 nitrogen and oxygen atoms in total. The molecule has 112 valence electrons. The third-order valence-corrected chi connectivity index (χ3v) is 2.90. The van der Waals surface area contributed by atoms with Crippen LogP contribution in [0.2, 0.25) is 0 Å². The van der Waals surface area contributed by atoms with Crippen molar-refractivity contribution in [3.05, 3.63) is 76.5 Å². The van der Waals surface area contributed by atoms with E-state index in [0.29, 0.717) is 11.3 Å². The van der Waals surface area contributed by atoms with Crippen molar-refractivity contribution in [1.82, 2.24) is 0 Å². The van der Waals surface area contributed by atoms with Gasteiger partial charge in [0.1, 0.15) is 5.82 Å². The first-order valence-corrected chi connectivity index (χ1v) is 6.67. The lowest BCUT2D eigenvalue weighted by Gasteiger charge is -2.25. The molecule has 0 fully saturated rings. The van der Waals surface area contributed by atoms with E-state index in [1.807, 2.05) is 13.0 Å². The molecule has 1 aromatic rings. The summed E-state index contributed by atoms with van der Waals surface area (Å²) in [6.45, 7) is 3.49. The summed E-state index contributed by atoms with van der Waals surface area (Å²) in [6.07, 6.45) is 6.08. The highest BCUT2D eigenvalue weighted by Crippen LogP contribution is 2.20. The molecule has 1 rings (SSSR count). The molecule has 0 amide bonds. The zero-order chi connectivity index (χ0) is 15.8. The molecular formula is C17H20FN2O-. The first kappa shape index (κ1) is 16.9. The first-order chi connectivity index (χ1) is 10.0. The minimum absolute atomic E-state index is 0.0146. The molecule has 4 heteroatoms. The van der Waals surface area contributed by atoms with Crippen molar-refractivity contribution >= 4 is 5.71 Å². The Morgan fingerprint density at radius 3 is 2.57 bits per heavy atom. The predicted octanol–water partition coefficient (Wildman–Crippen LogP) is 3.96. The van der Waals surface area contributed by atoms with Gasteiger partial charge in [0.15, 0.2) is 0 Å². The largest absolute Gasteiger partial charge is 0.687 e. The second kappa shape index (κ2) is 8.17. The zero-order valence-electron chi connectivity index (χ0n) is 12.5. The number of hydrogen-bond donors (Lipinski definition) is 2. The van der Waals surface area contributed by atoms with Gasteiger partial charge in [0.2, 0.25) is 0 Å². The number of aliphatic hydroxyl groups excluding tert-OH is 1. The molecule has 2 N–H and O–H groups in total. The number of hydrogen-bond acceptors (Lipinski definition) is 2. The fraction of sp³-hybridized carbons (Fsp3) is 0.235. The molecule has 0 bridgehead atoms. The summed E-state index contributed by atoms with van der Waals surface area (Å²) in [4.78, 5) is 0. The molecule has 0 spiro atoms. The van der Waals surface area contributed by atoms with Gasteiger partial charge in [0.25, 0.3) is 0 Å². The van der Waals surface area contributed by atoms with E-state index >= 15 is 0 Å². The number of nitrogens with one attached hydrogen (secondary N) is 1. The van der Waals surface area contributed by atoms with Gasteiger partial charge in [-0.1, -0.05) is 36.4 Å². The maximum absolute atomic E-state index is 13.7. The molecule has 0 aliphatic heterocycles. The molecule has 0 radical (unpaired) electrons. The molecule has 1 atom stereocenters. The van der Waals surface area contributed by atoms with Gasteiger partial charge < -0.3 is 15.8 Å². The summed E-state index contributed by atoms with van der Waals surface area (Å²) < 4.78 is 13.7. The standard InChI is InChI=1S/C17H20FN2O/c1-4-5-8-13(12(2)21)17(20-3)11-16(19)14-9-6-7-10-15(14)18/h4-12,19,21H,1-3H3/q-1/b5-4-,13-8+,17-11-,19-16?/t12-/m1/s1. The molecule has 0 heterocycles. The van der Waals surface area contributed by atoms with Crippen LogP contribution < -0.4 is 0 Å². The van der Waals surface area contributed by atoms with Gasteiger partial charge in [-0.15, -0.1) is 12.7 Å². The Hall–Kier alpha value is -2.20. The number of nitrogens with zero attached hydrogens (tertiary/aromatic N) is 1. The zero-order valence-corrected chi connectivity index (χ0v) is 12.5. The second-order valence-corrected chi connectivity index (χ2v) is 4.47. The maximum atomic E-state index is 13.7. The minimum Gasteiger partial charge on any atom is -0.687 e. The van der Waals surface area contributed by atoms with E-state index in [2.05, 4.69) is 5.32 Å². The van der Waals surface area contributed by atoms with E-state index in [4.69, 9.17) is 5.41 Å². The summed E-state index contributed by atoms with van der Waals surface area (Å²) in [5, 5.41) is 21.9. The first-order valence-electron chi connectivity index (χ1n) is 6.67. The lowest BCUT2D eigenvalue weighted by Crippen LogP contribution is -2.09. The van der Waals surface area contributed by atoms with Gasteiger partial charge in [-0.25, -0.2) is 4.39 Å². The van der Waals surface area contributed by atoms with Crippen LogP contribution in [0.1, 0.15) is 19.4 Å². The van der Waals surface area contributed by atoms with Crippen LogP contribution in [0.25, 0.3) is 5.32 Å². The van der Waals surface area contributed by atoms with Gasteiger partial charge in [0.05, 0.1) is 11.8 Å². The van der Waals surface area contributed by atoms with E-state index < -0.39 is 11.9 Å². The van der Waals surface area contributed by atoms with Crippen molar-refractivity contribution in [2.45, 2.75) is 20.0 Å². The van der Waals surface area contributed by atoms with Crippen LogP contribution >= 0.6 is 0 Å². The molecule has 0 saturated carbocycles. The Morgan fingerprint density at radius 2 is 2.05 bits per heavy atom. The van der Waals surface area contributed by atoms with Crippen LogP contribution in [-0.2, 0) is 0 Å². The SMILES string of the molecule is C\C=C/C=C(/C(=C/C(=N)c1ccccc1F)[N-]C)[C@@H](C)O. The van der Waals surface area contributed by atoms with E-state index in [9.17, 15) is 9.50 Å². The number of benzene rings is 1. The van der Waals surface area contributed by atoms with Crippen molar-refractivity contribution in [2.75, 3.05) is 7.05 Å². The number of halogens is 1. The summed E-state index contributed by atoms with van der Waals surface area (Å²) in [5.41, 5.74) is 1.25. The maximum Gasteiger partial charge on any atom is 0.132 e. The Bertz CT molecular complexity index is 586. The van der Waals surface area contributed by atoms with Crippen LogP contribution in [0.3, 0.4) is 0 Å². The molecule has 21 heavy (non-hydrogen) atoms. The molecule has 0 aliphatic rings. The topological polar surface area (TPSA) is 58.2 Å². The third-order valence-electron chi connectivity index (χ3n) is 2.90. The monoisotopic (exact) mass is 287 g/mol. The Kier molecular flexibility index (Phi) is 6.56.